The molecular formula is C19H18N2O2. The van der Waals surface area contributed by atoms with Crippen LogP contribution in [0.15, 0.2) is 54.6 Å². The lowest BCUT2D eigenvalue weighted by Gasteiger charge is -2.11. The van der Waals surface area contributed by atoms with Gasteiger partial charge >= 0.3 is 0 Å². The first-order chi connectivity index (χ1) is 11.1. The van der Waals surface area contributed by atoms with Crippen molar-refractivity contribution in [2.45, 2.75) is 0 Å². The van der Waals surface area contributed by atoms with Crippen LogP contribution in [0.5, 0.6) is 5.75 Å². The third kappa shape index (κ3) is 4.45. The van der Waals surface area contributed by atoms with Crippen LogP contribution in [-0.2, 0) is 0 Å². The van der Waals surface area contributed by atoms with Crippen LogP contribution in [0.1, 0.15) is 15.9 Å². The molecule has 0 aromatic heterocycles. The number of anilines is 1. The molecule has 0 radical (unpaired) electrons. The summed E-state index contributed by atoms with van der Waals surface area (Å²) in [5.74, 6) is 0.506. The third-order valence-electron chi connectivity index (χ3n) is 3.29. The number of carbonyl (C=O) groups is 1. The first-order valence-corrected chi connectivity index (χ1v) is 7.20. The van der Waals surface area contributed by atoms with Gasteiger partial charge in [-0.15, -0.1) is 0 Å². The van der Waals surface area contributed by atoms with Crippen LogP contribution in [0.25, 0.3) is 6.08 Å². The second kappa shape index (κ2) is 7.81. The number of carbonyl (C=O) groups excluding carboxylic acids is 1. The molecule has 0 saturated carbocycles. The minimum atomic E-state index is -0.0783. The Bertz CT molecular complexity index is 741. The number of hydrogen-bond acceptors (Lipinski definition) is 4. The van der Waals surface area contributed by atoms with Crippen LogP contribution >= 0.6 is 0 Å². The lowest BCUT2D eigenvalue weighted by Crippen LogP contribution is -2.08. The number of nitrogens with zero attached hydrogens (tertiary/aromatic N) is 2. The van der Waals surface area contributed by atoms with E-state index in [0.717, 1.165) is 11.3 Å². The Morgan fingerprint density at radius 2 is 1.87 bits per heavy atom. The molecule has 4 nitrogen and oxygen atoms in total. The highest BCUT2D eigenvalue weighted by Gasteiger charge is 2.04. The van der Waals surface area contributed by atoms with E-state index in [1.165, 1.54) is 6.08 Å². The van der Waals surface area contributed by atoms with Crippen molar-refractivity contribution in [2.24, 2.45) is 0 Å². The number of allylic oxidation sites excluding steroid dienone is 1. The number of ketones is 1. The summed E-state index contributed by atoms with van der Waals surface area (Å²) in [6.45, 7) is -0.0230. The number of ether oxygens (including phenoxy) is 1. The third-order valence-corrected chi connectivity index (χ3v) is 3.29. The molecule has 0 aliphatic heterocycles. The molecule has 2 aromatic carbocycles. The summed E-state index contributed by atoms with van der Waals surface area (Å²) in [5, 5.41) is 8.60. The summed E-state index contributed by atoms with van der Waals surface area (Å²) in [6.07, 6.45) is 3.22. The van der Waals surface area contributed by atoms with Crippen molar-refractivity contribution in [1.29, 1.82) is 5.26 Å². The van der Waals surface area contributed by atoms with Crippen LogP contribution < -0.4 is 9.64 Å². The first kappa shape index (κ1) is 16.3. The average Bonchev–Trinajstić information content (AvgIpc) is 2.58. The molecule has 0 N–H and O–H groups in total. The summed E-state index contributed by atoms with van der Waals surface area (Å²) in [6, 6.07) is 16.6. The number of nitriles is 1. The fourth-order valence-electron chi connectivity index (χ4n) is 2.05. The molecule has 116 valence electrons. The summed E-state index contributed by atoms with van der Waals surface area (Å²) in [5.41, 5.74) is 2.43. The predicted molar refractivity (Wildman–Crippen MR) is 91.7 cm³/mol. The van der Waals surface area contributed by atoms with Gasteiger partial charge in [0.1, 0.15) is 11.8 Å². The average molecular weight is 306 g/mol. The second-order valence-electron chi connectivity index (χ2n) is 5.12. The van der Waals surface area contributed by atoms with Gasteiger partial charge in [0, 0.05) is 30.9 Å². The molecule has 0 unspecified atom stereocenters. The zero-order chi connectivity index (χ0) is 16.7. The van der Waals surface area contributed by atoms with E-state index in [0.29, 0.717) is 11.3 Å². The molecule has 2 aromatic rings. The largest absolute Gasteiger partial charge is 0.478 e. The van der Waals surface area contributed by atoms with E-state index < -0.39 is 0 Å². The molecule has 0 amide bonds. The van der Waals surface area contributed by atoms with E-state index in [1.807, 2.05) is 55.4 Å². The molecule has 0 spiro atoms. The highest BCUT2D eigenvalue weighted by Crippen LogP contribution is 2.20. The summed E-state index contributed by atoms with van der Waals surface area (Å²) >= 11 is 0. The highest BCUT2D eigenvalue weighted by atomic mass is 16.5. The lowest BCUT2D eigenvalue weighted by molar-refractivity contribution is 0.104. The molecular weight excluding hydrogens is 288 g/mol. The Hall–Kier alpha value is -3.06. The van der Waals surface area contributed by atoms with Crippen molar-refractivity contribution < 1.29 is 9.53 Å². The molecule has 0 saturated heterocycles. The molecule has 23 heavy (non-hydrogen) atoms. The van der Waals surface area contributed by atoms with Crippen molar-refractivity contribution in [3.05, 3.63) is 65.7 Å². The molecule has 0 aliphatic rings. The molecule has 0 heterocycles. The normalized spacial score (nSPS) is 10.3. The van der Waals surface area contributed by atoms with Gasteiger partial charge in [-0.3, -0.25) is 4.79 Å². The Balaban J connectivity index is 2.13. The quantitative estimate of drug-likeness (QED) is 0.605. The van der Waals surface area contributed by atoms with Crippen molar-refractivity contribution >= 4 is 17.5 Å². The van der Waals surface area contributed by atoms with Gasteiger partial charge in [0.2, 0.25) is 0 Å². The second-order valence-corrected chi connectivity index (χ2v) is 5.12. The number of hydrogen-bond donors (Lipinski definition) is 0. The van der Waals surface area contributed by atoms with Gasteiger partial charge in [-0.1, -0.05) is 18.2 Å². The van der Waals surface area contributed by atoms with Gasteiger partial charge in [0.05, 0.1) is 0 Å². The Kier molecular flexibility index (Phi) is 5.54. The predicted octanol–water partition coefficient (Wildman–Crippen LogP) is 3.55. The fraction of sp³-hybridized carbons (Fsp3) is 0.158. The van der Waals surface area contributed by atoms with Crippen LogP contribution in [0.2, 0.25) is 0 Å². The zero-order valence-electron chi connectivity index (χ0n) is 13.2. The van der Waals surface area contributed by atoms with E-state index in [4.69, 9.17) is 10.00 Å². The van der Waals surface area contributed by atoms with Crippen LogP contribution in [-0.4, -0.2) is 26.5 Å². The van der Waals surface area contributed by atoms with Crippen LogP contribution in [0, 0.1) is 11.3 Å². The standard InChI is InChI=1S/C19H18N2O2/c1-21(2)17-10-7-15(8-11-17)18(22)12-9-16-5-3-4-6-19(16)23-14-13-20/h3-12H,14H2,1-2H3/b12-9+. The van der Waals surface area contributed by atoms with Gasteiger partial charge in [-0.05, 0) is 42.5 Å². The van der Waals surface area contributed by atoms with Crippen molar-refractivity contribution in [3.8, 4) is 11.8 Å². The molecule has 0 aliphatic carbocycles. The summed E-state index contributed by atoms with van der Waals surface area (Å²) in [7, 11) is 3.91. The van der Waals surface area contributed by atoms with E-state index >= 15 is 0 Å². The van der Waals surface area contributed by atoms with E-state index in [2.05, 4.69) is 0 Å². The zero-order valence-corrected chi connectivity index (χ0v) is 13.2. The van der Waals surface area contributed by atoms with Crippen molar-refractivity contribution in [2.75, 3.05) is 25.6 Å². The van der Waals surface area contributed by atoms with E-state index in [9.17, 15) is 4.79 Å². The SMILES string of the molecule is CN(C)c1ccc(C(=O)/C=C/c2ccccc2OCC#N)cc1. The monoisotopic (exact) mass is 306 g/mol. The topological polar surface area (TPSA) is 53.3 Å². The maximum absolute atomic E-state index is 12.2. The van der Waals surface area contributed by atoms with Crippen LogP contribution in [0.3, 0.4) is 0 Å². The Labute approximate surface area is 136 Å². The van der Waals surface area contributed by atoms with Crippen molar-refractivity contribution in [1.82, 2.24) is 0 Å². The molecule has 0 bridgehead atoms. The lowest BCUT2D eigenvalue weighted by atomic mass is 10.1. The van der Waals surface area contributed by atoms with E-state index in [1.54, 1.807) is 24.3 Å². The van der Waals surface area contributed by atoms with E-state index in [-0.39, 0.29) is 12.4 Å². The number of rotatable bonds is 6. The molecule has 0 atom stereocenters. The smallest absolute Gasteiger partial charge is 0.185 e. The molecule has 4 heteroatoms. The van der Waals surface area contributed by atoms with Gasteiger partial charge in [-0.2, -0.15) is 5.26 Å². The number of para-hydroxylation sites is 1. The van der Waals surface area contributed by atoms with Crippen molar-refractivity contribution in [3.63, 3.8) is 0 Å². The van der Waals surface area contributed by atoms with Gasteiger partial charge in [-0.25, -0.2) is 0 Å². The number of benzene rings is 2. The van der Waals surface area contributed by atoms with Gasteiger partial charge in [0.15, 0.2) is 12.4 Å². The Morgan fingerprint density at radius 3 is 2.52 bits per heavy atom. The summed E-state index contributed by atoms with van der Waals surface area (Å²) < 4.78 is 5.34. The maximum Gasteiger partial charge on any atom is 0.185 e. The minimum absolute atomic E-state index is 0.0230. The highest BCUT2D eigenvalue weighted by molar-refractivity contribution is 6.07. The van der Waals surface area contributed by atoms with Gasteiger partial charge in [0.25, 0.3) is 0 Å². The first-order valence-electron chi connectivity index (χ1n) is 7.20. The summed E-state index contributed by atoms with van der Waals surface area (Å²) in [4.78, 5) is 14.2. The fourth-order valence-corrected chi connectivity index (χ4v) is 2.05. The Morgan fingerprint density at radius 1 is 1.17 bits per heavy atom. The van der Waals surface area contributed by atoms with Gasteiger partial charge < -0.3 is 9.64 Å². The molecule has 2 rings (SSSR count). The molecule has 0 fully saturated rings. The van der Waals surface area contributed by atoms with Crippen LogP contribution in [0.4, 0.5) is 5.69 Å². The maximum atomic E-state index is 12.2. The minimum Gasteiger partial charge on any atom is -0.478 e.